The van der Waals surface area contributed by atoms with Crippen LogP contribution in [0.15, 0.2) is 24.3 Å². The lowest BCUT2D eigenvalue weighted by molar-refractivity contribution is 0.312. The minimum absolute atomic E-state index is 0.221. The lowest BCUT2D eigenvalue weighted by Gasteiger charge is -2.08. The SMILES string of the molecule is CCOc1nc(NN)nc(Nc2ccc(I)cc2)n1. The molecule has 2 rings (SSSR count). The molecule has 0 bridgehead atoms. The molecule has 8 heteroatoms. The van der Waals surface area contributed by atoms with Crippen LogP contribution in [0.5, 0.6) is 6.01 Å². The van der Waals surface area contributed by atoms with E-state index in [1.165, 1.54) is 0 Å². The van der Waals surface area contributed by atoms with E-state index in [-0.39, 0.29) is 12.0 Å². The largest absolute Gasteiger partial charge is 0.464 e. The number of anilines is 3. The highest BCUT2D eigenvalue weighted by Crippen LogP contribution is 2.17. The van der Waals surface area contributed by atoms with Crippen molar-refractivity contribution in [3.63, 3.8) is 0 Å². The number of nitrogens with zero attached hydrogens (tertiary/aromatic N) is 3. The predicted octanol–water partition coefficient (Wildman–Crippen LogP) is 1.90. The van der Waals surface area contributed by atoms with Gasteiger partial charge in [0.2, 0.25) is 11.9 Å². The number of rotatable bonds is 5. The summed E-state index contributed by atoms with van der Waals surface area (Å²) in [6.45, 7) is 2.32. The van der Waals surface area contributed by atoms with Gasteiger partial charge in [-0.05, 0) is 53.8 Å². The van der Waals surface area contributed by atoms with Crippen LogP contribution in [0.25, 0.3) is 0 Å². The molecule has 0 amide bonds. The second-order valence-corrected chi connectivity index (χ2v) is 4.72. The van der Waals surface area contributed by atoms with Crippen molar-refractivity contribution in [3.8, 4) is 6.01 Å². The van der Waals surface area contributed by atoms with Gasteiger partial charge in [0, 0.05) is 9.26 Å². The molecule has 0 atom stereocenters. The molecule has 0 fully saturated rings. The van der Waals surface area contributed by atoms with Crippen LogP contribution in [0.1, 0.15) is 6.92 Å². The maximum atomic E-state index is 5.31. The first-order chi connectivity index (χ1) is 9.21. The van der Waals surface area contributed by atoms with Crippen molar-refractivity contribution >= 4 is 40.2 Å². The first-order valence-electron chi connectivity index (χ1n) is 5.59. The van der Waals surface area contributed by atoms with E-state index in [1.54, 1.807) is 0 Å². The van der Waals surface area contributed by atoms with Crippen molar-refractivity contribution in [2.75, 3.05) is 17.3 Å². The van der Waals surface area contributed by atoms with Crippen molar-refractivity contribution < 1.29 is 4.74 Å². The Balaban J connectivity index is 2.23. The molecule has 1 aromatic heterocycles. The zero-order valence-corrected chi connectivity index (χ0v) is 12.4. The number of benzene rings is 1. The number of nitrogen functional groups attached to an aromatic ring is 1. The predicted molar refractivity (Wildman–Crippen MR) is 81.2 cm³/mol. The van der Waals surface area contributed by atoms with E-state index < -0.39 is 0 Å². The Kier molecular flexibility index (Phi) is 4.68. The summed E-state index contributed by atoms with van der Waals surface area (Å²) in [5.41, 5.74) is 3.25. The Morgan fingerprint density at radius 3 is 2.47 bits per heavy atom. The minimum Gasteiger partial charge on any atom is -0.464 e. The van der Waals surface area contributed by atoms with E-state index in [4.69, 9.17) is 10.6 Å². The molecule has 0 spiro atoms. The van der Waals surface area contributed by atoms with Crippen LogP contribution in [-0.4, -0.2) is 21.6 Å². The van der Waals surface area contributed by atoms with Gasteiger partial charge in [-0.2, -0.15) is 15.0 Å². The van der Waals surface area contributed by atoms with Crippen LogP contribution in [0, 0.1) is 3.57 Å². The second kappa shape index (κ2) is 6.48. The van der Waals surface area contributed by atoms with Gasteiger partial charge in [-0.3, -0.25) is 5.43 Å². The molecule has 0 aliphatic carbocycles. The van der Waals surface area contributed by atoms with Crippen molar-refractivity contribution in [2.45, 2.75) is 6.92 Å². The van der Waals surface area contributed by atoms with E-state index in [2.05, 4.69) is 48.3 Å². The van der Waals surface area contributed by atoms with Crippen LogP contribution in [0.2, 0.25) is 0 Å². The summed E-state index contributed by atoms with van der Waals surface area (Å²) in [4.78, 5) is 12.2. The monoisotopic (exact) mass is 372 g/mol. The molecule has 0 radical (unpaired) electrons. The number of aromatic nitrogens is 3. The summed E-state index contributed by atoms with van der Waals surface area (Å²) in [5.74, 6) is 5.92. The van der Waals surface area contributed by atoms with E-state index in [0.29, 0.717) is 12.6 Å². The van der Waals surface area contributed by atoms with E-state index >= 15 is 0 Å². The maximum Gasteiger partial charge on any atom is 0.323 e. The number of halogens is 1. The van der Waals surface area contributed by atoms with Crippen molar-refractivity contribution in [1.82, 2.24) is 15.0 Å². The molecule has 4 N–H and O–H groups in total. The lowest BCUT2D eigenvalue weighted by atomic mass is 10.3. The maximum absolute atomic E-state index is 5.31. The molecule has 2 aromatic rings. The Bertz CT molecular complexity index is 547. The molecule has 0 unspecified atom stereocenters. The molecule has 19 heavy (non-hydrogen) atoms. The van der Waals surface area contributed by atoms with Gasteiger partial charge in [0.1, 0.15) is 0 Å². The second-order valence-electron chi connectivity index (χ2n) is 3.47. The van der Waals surface area contributed by atoms with Gasteiger partial charge in [-0.1, -0.05) is 0 Å². The van der Waals surface area contributed by atoms with Gasteiger partial charge in [0.25, 0.3) is 0 Å². The fraction of sp³-hybridized carbons (Fsp3) is 0.182. The summed E-state index contributed by atoms with van der Waals surface area (Å²) in [6, 6.07) is 8.05. The minimum atomic E-state index is 0.221. The Hall–Kier alpha value is -1.68. The smallest absolute Gasteiger partial charge is 0.323 e. The fourth-order valence-corrected chi connectivity index (χ4v) is 1.69. The van der Waals surface area contributed by atoms with Crippen molar-refractivity contribution in [2.24, 2.45) is 5.84 Å². The van der Waals surface area contributed by atoms with Gasteiger partial charge in [-0.15, -0.1) is 0 Å². The zero-order valence-electron chi connectivity index (χ0n) is 10.2. The number of hydrogen-bond acceptors (Lipinski definition) is 7. The van der Waals surface area contributed by atoms with E-state index in [9.17, 15) is 0 Å². The first kappa shape index (κ1) is 13.7. The molecule has 7 nitrogen and oxygen atoms in total. The quantitative estimate of drug-likeness (QED) is 0.419. The van der Waals surface area contributed by atoms with Gasteiger partial charge in [0.05, 0.1) is 6.61 Å². The average Bonchev–Trinajstić information content (AvgIpc) is 2.41. The van der Waals surface area contributed by atoms with Crippen LogP contribution < -0.4 is 21.3 Å². The van der Waals surface area contributed by atoms with E-state index in [1.807, 2.05) is 31.2 Å². The molecule has 0 saturated carbocycles. The number of nitrogens with one attached hydrogen (secondary N) is 2. The Labute approximate surface area is 124 Å². The molecule has 0 aliphatic rings. The molecule has 1 heterocycles. The molecule has 0 aliphatic heterocycles. The summed E-state index contributed by atoms with van der Waals surface area (Å²) >= 11 is 2.24. The third-order valence-electron chi connectivity index (χ3n) is 2.12. The van der Waals surface area contributed by atoms with Gasteiger partial charge in [0.15, 0.2) is 0 Å². The van der Waals surface area contributed by atoms with Gasteiger partial charge < -0.3 is 10.1 Å². The summed E-state index contributed by atoms with van der Waals surface area (Å²) in [6.07, 6.45) is 0. The highest BCUT2D eigenvalue weighted by atomic mass is 127. The summed E-state index contributed by atoms with van der Waals surface area (Å²) in [5, 5.41) is 3.06. The normalized spacial score (nSPS) is 10.1. The molecular weight excluding hydrogens is 359 g/mol. The first-order valence-corrected chi connectivity index (χ1v) is 6.67. The average molecular weight is 372 g/mol. The van der Waals surface area contributed by atoms with Crippen molar-refractivity contribution in [3.05, 3.63) is 27.8 Å². The van der Waals surface area contributed by atoms with Crippen molar-refractivity contribution in [1.29, 1.82) is 0 Å². The zero-order chi connectivity index (χ0) is 13.7. The third kappa shape index (κ3) is 3.89. The Morgan fingerprint density at radius 1 is 1.16 bits per heavy atom. The fourth-order valence-electron chi connectivity index (χ4n) is 1.33. The van der Waals surface area contributed by atoms with Gasteiger partial charge >= 0.3 is 6.01 Å². The molecule has 1 aromatic carbocycles. The topological polar surface area (TPSA) is 98.0 Å². The van der Waals surface area contributed by atoms with Crippen LogP contribution in [-0.2, 0) is 0 Å². The number of nitrogens with two attached hydrogens (primary N) is 1. The molecule has 100 valence electrons. The van der Waals surface area contributed by atoms with Gasteiger partial charge in [-0.25, -0.2) is 5.84 Å². The summed E-state index contributed by atoms with van der Waals surface area (Å²) < 4.78 is 6.40. The van der Waals surface area contributed by atoms with Crippen LogP contribution >= 0.6 is 22.6 Å². The Morgan fingerprint density at radius 2 is 1.84 bits per heavy atom. The van der Waals surface area contributed by atoms with Crippen LogP contribution in [0.3, 0.4) is 0 Å². The molecular formula is C11H13IN6O. The molecule has 0 saturated heterocycles. The lowest BCUT2D eigenvalue weighted by Crippen LogP contribution is -2.13. The third-order valence-corrected chi connectivity index (χ3v) is 2.84. The highest BCUT2D eigenvalue weighted by molar-refractivity contribution is 14.1. The van der Waals surface area contributed by atoms with Crippen LogP contribution in [0.4, 0.5) is 17.6 Å². The highest BCUT2D eigenvalue weighted by Gasteiger charge is 2.06. The van der Waals surface area contributed by atoms with E-state index in [0.717, 1.165) is 9.26 Å². The standard InChI is InChI=1S/C11H13IN6O/c1-2-19-11-16-9(15-10(17-11)18-13)14-8-5-3-7(12)4-6-8/h3-6H,2,13H2,1H3,(H2,14,15,16,17,18). The number of hydrogen-bond donors (Lipinski definition) is 3. The number of ether oxygens (including phenoxy) is 1. The summed E-state index contributed by atoms with van der Waals surface area (Å²) in [7, 11) is 0. The number of hydrazine groups is 1.